The number of nitrogens with one attached hydrogen (secondary N) is 2. The molecule has 0 saturated carbocycles. The van der Waals surface area contributed by atoms with Gasteiger partial charge in [-0.05, 0) is 57.8 Å². The van der Waals surface area contributed by atoms with Crippen molar-refractivity contribution in [2.75, 3.05) is 26.7 Å². The largest absolute Gasteiger partial charge is 0.342 e. The van der Waals surface area contributed by atoms with Crippen LogP contribution in [0.1, 0.15) is 30.5 Å². The van der Waals surface area contributed by atoms with Gasteiger partial charge in [0.25, 0.3) is 5.56 Å². The van der Waals surface area contributed by atoms with Crippen molar-refractivity contribution in [2.45, 2.75) is 32.6 Å². The van der Waals surface area contributed by atoms with Crippen LogP contribution in [0.25, 0.3) is 11.4 Å². The maximum atomic E-state index is 12.7. The highest BCUT2D eigenvalue weighted by Gasteiger charge is 2.24. The Hall–Kier alpha value is -1.96. The summed E-state index contributed by atoms with van der Waals surface area (Å²) in [5.74, 6) is 1.18. The van der Waals surface area contributed by atoms with Crippen LogP contribution in [0.2, 0.25) is 0 Å². The highest BCUT2D eigenvalue weighted by atomic mass is 35.5. The molecule has 0 unspecified atom stereocenters. The Bertz CT molecular complexity index is 837. The standard InChI is InChI=1S/C20H27N5O2.2ClH/c1-14-17(20(27)24-19(23-14)16-4-9-22-10-5-16)13-18(26)25-11-6-15(7-12-25)3-8-21-2;;/h4-5,9-10,15,21H,3,6-8,11-13H2,1-2H3,(H,23,24,27);2*1H. The molecule has 3 rings (SSSR count). The number of aryl methyl sites for hydroxylation is 1. The number of hydrogen-bond donors (Lipinski definition) is 2. The molecule has 0 aromatic carbocycles. The zero-order valence-electron chi connectivity index (χ0n) is 16.8. The third-order valence-corrected chi connectivity index (χ3v) is 5.27. The van der Waals surface area contributed by atoms with Gasteiger partial charge in [0.15, 0.2) is 0 Å². The van der Waals surface area contributed by atoms with Gasteiger partial charge in [-0.25, -0.2) is 4.98 Å². The van der Waals surface area contributed by atoms with Crippen LogP contribution in [-0.4, -0.2) is 52.4 Å². The maximum absolute atomic E-state index is 12.7. The van der Waals surface area contributed by atoms with Crippen LogP contribution in [0.4, 0.5) is 0 Å². The molecular formula is C20H29Cl2N5O2. The molecule has 2 aromatic rings. The summed E-state index contributed by atoms with van der Waals surface area (Å²) < 4.78 is 0. The van der Waals surface area contributed by atoms with E-state index in [1.807, 2.05) is 11.9 Å². The van der Waals surface area contributed by atoms with Crippen LogP contribution in [0, 0.1) is 12.8 Å². The predicted octanol–water partition coefficient (Wildman–Crippen LogP) is 2.37. The first-order valence-corrected chi connectivity index (χ1v) is 9.51. The second kappa shape index (κ2) is 11.9. The van der Waals surface area contributed by atoms with Gasteiger partial charge in [0.1, 0.15) is 5.82 Å². The number of amides is 1. The Morgan fingerprint density at radius 2 is 1.90 bits per heavy atom. The maximum Gasteiger partial charge on any atom is 0.255 e. The average Bonchev–Trinajstić information content (AvgIpc) is 2.70. The molecule has 7 nitrogen and oxygen atoms in total. The number of nitrogens with zero attached hydrogens (tertiary/aromatic N) is 3. The third-order valence-electron chi connectivity index (χ3n) is 5.27. The molecule has 1 aliphatic rings. The lowest BCUT2D eigenvalue weighted by Gasteiger charge is -2.32. The van der Waals surface area contributed by atoms with E-state index >= 15 is 0 Å². The number of pyridine rings is 1. The molecule has 2 aromatic heterocycles. The van der Waals surface area contributed by atoms with Gasteiger partial charge in [-0.3, -0.25) is 14.6 Å². The SMILES string of the molecule is CNCCC1CCN(C(=O)Cc2c(C)nc(-c3ccncc3)[nH]c2=O)CC1.Cl.Cl. The van der Waals surface area contributed by atoms with Crippen molar-refractivity contribution in [3.8, 4) is 11.4 Å². The quantitative estimate of drug-likeness (QED) is 0.717. The summed E-state index contributed by atoms with van der Waals surface area (Å²) in [7, 11) is 1.96. The first-order chi connectivity index (χ1) is 13.1. The van der Waals surface area contributed by atoms with Crippen molar-refractivity contribution in [1.29, 1.82) is 0 Å². The lowest BCUT2D eigenvalue weighted by Crippen LogP contribution is -2.40. The van der Waals surface area contributed by atoms with Crippen LogP contribution in [-0.2, 0) is 11.2 Å². The Labute approximate surface area is 183 Å². The monoisotopic (exact) mass is 441 g/mol. The van der Waals surface area contributed by atoms with Crippen molar-refractivity contribution < 1.29 is 4.79 Å². The number of H-pyrrole nitrogens is 1. The molecule has 1 amide bonds. The number of likely N-dealkylation sites (tertiary alicyclic amines) is 1. The first kappa shape index (κ1) is 25.1. The van der Waals surface area contributed by atoms with Crippen molar-refractivity contribution in [2.24, 2.45) is 5.92 Å². The molecule has 160 valence electrons. The van der Waals surface area contributed by atoms with Crippen molar-refractivity contribution >= 4 is 30.7 Å². The number of aromatic amines is 1. The predicted molar refractivity (Wildman–Crippen MR) is 119 cm³/mol. The number of carbonyl (C=O) groups excluding carboxylic acids is 1. The van der Waals surface area contributed by atoms with Crippen LogP contribution in [0.15, 0.2) is 29.3 Å². The van der Waals surface area contributed by atoms with Gasteiger partial charge in [-0.1, -0.05) is 0 Å². The normalized spacial score (nSPS) is 14.1. The second-order valence-corrected chi connectivity index (χ2v) is 7.11. The fraction of sp³-hybridized carbons (Fsp3) is 0.500. The molecule has 1 fully saturated rings. The van der Waals surface area contributed by atoms with E-state index in [1.165, 1.54) is 0 Å². The number of rotatable bonds is 6. The number of halogens is 2. The second-order valence-electron chi connectivity index (χ2n) is 7.11. The molecule has 1 aliphatic heterocycles. The lowest BCUT2D eigenvalue weighted by atomic mass is 9.93. The molecule has 2 N–H and O–H groups in total. The molecule has 0 radical (unpaired) electrons. The minimum Gasteiger partial charge on any atom is -0.342 e. The van der Waals surface area contributed by atoms with E-state index in [4.69, 9.17) is 0 Å². The molecule has 0 aliphatic carbocycles. The highest BCUT2D eigenvalue weighted by Crippen LogP contribution is 2.21. The number of hydrogen-bond acceptors (Lipinski definition) is 5. The van der Waals surface area contributed by atoms with E-state index in [0.29, 0.717) is 23.0 Å². The number of aromatic nitrogens is 3. The molecule has 0 bridgehead atoms. The van der Waals surface area contributed by atoms with Crippen LogP contribution in [0.3, 0.4) is 0 Å². The fourth-order valence-electron chi connectivity index (χ4n) is 3.55. The van der Waals surface area contributed by atoms with Gasteiger partial charge in [0.05, 0.1) is 6.42 Å². The third kappa shape index (κ3) is 6.52. The molecular weight excluding hydrogens is 413 g/mol. The van der Waals surface area contributed by atoms with Crippen molar-refractivity contribution in [3.63, 3.8) is 0 Å². The van der Waals surface area contributed by atoms with E-state index in [0.717, 1.165) is 44.5 Å². The summed E-state index contributed by atoms with van der Waals surface area (Å²) in [5.41, 5.74) is 1.61. The molecule has 1 saturated heterocycles. The summed E-state index contributed by atoms with van der Waals surface area (Å²) >= 11 is 0. The van der Waals surface area contributed by atoms with Crippen LogP contribution < -0.4 is 10.9 Å². The van der Waals surface area contributed by atoms with E-state index in [1.54, 1.807) is 31.5 Å². The van der Waals surface area contributed by atoms with Gasteiger partial charge >= 0.3 is 0 Å². The minimum atomic E-state index is -0.244. The van der Waals surface area contributed by atoms with Crippen molar-refractivity contribution in [1.82, 2.24) is 25.2 Å². The van der Waals surface area contributed by atoms with Gasteiger partial charge in [0, 0.05) is 42.3 Å². The Kier molecular flexibility index (Phi) is 10.3. The first-order valence-electron chi connectivity index (χ1n) is 9.51. The summed E-state index contributed by atoms with van der Waals surface area (Å²) in [6.07, 6.45) is 6.62. The Balaban J connectivity index is 0.00000210. The topological polar surface area (TPSA) is 91.0 Å². The molecule has 3 heterocycles. The zero-order valence-corrected chi connectivity index (χ0v) is 18.4. The van der Waals surface area contributed by atoms with Crippen LogP contribution in [0.5, 0.6) is 0 Å². The van der Waals surface area contributed by atoms with Gasteiger partial charge in [-0.15, -0.1) is 24.8 Å². The molecule has 0 spiro atoms. The highest BCUT2D eigenvalue weighted by molar-refractivity contribution is 5.85. The Morgan fingerprint density at radius 3 is 2.48 bits per heavy atom. The van der Waals surface area contributed by atoms with E-state index in [9.17, 15) is 9.59 Å². The number of piperidine rings is 1. The van der Waals surface area contributed by atoms with Crippen LogP contribution >= 0.6 is 24.8 Å². The fourth-order valence-corrected chi connectivity index (χ4v) is 3.55. The van der Waals surface area contributed by atoms with Crippen molar-refractivity contribution in [3.05, 3.63) is 46.1 Å². The lowest BCUT2D eigenvalue weighted by molar-refractivity contribution is -0.131. The zero-order chi connectivity index (χ0) is 19.2. The smallest absolute Gasteiger partial charge is 0.255 e. The van der Waals surface area contributed by atoms with E-state index in [-0.39, 0.29) is 42.7 Å². The molecule has 29 heavy (non-hydrogen) atoms. The van der Waals surface area contributed by atoms with Gasteiger partial charge in [0.2, 0.25) is 5.91 Å². The summed E-state index contributed by atoms with van der Waals surface area (Å²) in [6.45, 7) is 4.34. The number of carbonyl (C=O) groups is 1. The summed E-state index contributed by atoms with van der Waals surface area (Å²) in [6, 6.07) is 3.58. The molecule has 9 heteroatoms. The van der Waals surface area contributed by atoms with E-state index < -0.39 is 0 Å². The van der Waals surface area contributed by atoms with Gasteiger partial charge in [-0.2, -0.15) is 0 Å². The average molecular weight is 442 g/mol. The van der Waals surface area contributed by atoms with E-state index in [2.05, 4.69) is 20.3 Å². The Morgan fingerprint density at radius 1 is 1.24 bits per heavy atom. The summed E-state index contributed by atoms with van der Waals surface area (Å²) in [5, 5.41) is 3.18. The van der Waals surface area contributed by atoms with Gasteiger partial charge < -0.3 is 15.2 Å². The minimum absolute atomic E-state index is 0. The summed E-state index contributed by atoms with van der Waals surface area (Å²) in [4.78, 5) is 38.3. The molecule has 0 atom stereocenters.